The fraction of sp³-hybridized carbons (Fsp3) is 0.158. The number of alkyl halides is 1. The minimum atomic E-state index is -0.607. The number of nitrogens with zero attached hydrogens (tertiary/aromatic N) is 2. The van der Waals surface area contributed by atoms with Gasteiger partial charge < -0.3 is 9.14 Å². The van der Waals surface area contributed by atoms with Gasteiger partial charge in [0, 0.05) is 17.7 Å². The lowest BCUT2D eigenvalue weighted by Gasteiger charge is -2.14. The summed E-state index contributed by atoms with van der Waals surface area (Å²) in [5, 5.41) is 0.700. The monoisotopic (exact) mass is 412 g/mol. The highest BCUT2D eigenvalue weighted by Gasteiger charge is 2.39. The van der Waals surface area contributed by atoms with Crippen LogP contribution in [0.25, 0.3) is 5.52 Å². The summed E-state index contributed by atoms with van der Waals surface area (Å²) < 4.78 is 6.87. The smallest absolute Gasteiger partial charge is 0.341 e. The summed E-state index contributed by atoms with van der Waals surface area (Å²) in [7, 11) is 0. The highest BCUT2D eigenvalue weighted by Crippen LogP contribution is 2.33. The Bertz CT molecular complexity index is 1070. The molecule has 0 bridgehead atoms. The van der Waals surface area contributed by atoms with Crippen molar-refractivity contribution in [2.24, 2.45) is 0 Å². The molecule has 0 radical (unpaired) electrons. The van der Waals surface area contributed by atoms with Crippen molar-refractivity contribution in [1.82, 2.24) is 9.38 Å². The van der Waals surface area contributed by atoms with Crippen LogP contribution in [-0.2, 0) is 4.74 Å². The number of esters is 1. The topological polar surface area (TPSA) is 77.7 Å². The molecule has 1 aliphatic rings. The first kappa shape index (κ1) is 16.7. The van der Waals surface area contributed by atoms with Crippen molar-refractivity contribution in [2.75, 3.05) is 11.9 Å². The predicted octanol–water partition coefficient (Wildman–Crippen LogP) is 3.05. The van der Waals surface area contributed by atoms with Crippen LogP contribution in [0, 0.1) is 0 Å². The number of aromatic nitrogens is 2. The molecule has 1 aliphatic carbocycles. The van der Waals surface area contributed by atoms with Crippen LogP contribution in [0.15, 0.2) is 42.7 Å². The zero-order valence-electron chi connectivity index (χ0n) is 13.6. The Balaban J connectivity index is 1.96. The van der Waals surface area contributed by atoms with Gasteiger partial charge in [0.15, 0.2) is 5.78 Å². The number of carbonyl (C=O) groups excluding carboxylic acids is 3. The van der Waals surface area contributed by atoms with E-state index in [9.17, 15) is 14.4 Å². The summed E-state index contributed by atoms with van der Waals surface area (Å²) in [6, 6.07) is 8.32. The van der Waals surface area contributed by atoms with E-state index < -0.39 is 5.97 Å². The van der Waals surface area contributed by atoms with Crippen molar-refractivity contribution in [3.8, 4) is 0 Å². The molecule has 0 N–H and O–H groups in total. The van der Waals surface area contributed by atoms with E-state index >= 15 is 0 Å². The van der Waals surface area contributed by atoms with Gasteiger partial charge >= 0.3 is 5.97 Å². The minimum Gasteiger partial charge on any atom is -0.462 e. The van der Waals surface area contributed by atoms with Crippen LogP contribution in [0.2, 0.25) is 0 Å². The van der Waals surface area contributed by atoms with E-state index in [0.717, 1.165) is 0 Å². The third-order valence-corrected chi connectivity index (χ3v) is 4.83. The number of ether oxygens (including phenoxy) is 1. The first-order valence-corrected chi connectivity index (χ1v) is 9.18. The van der Waals surface area contributed by atoms with Crippen molar-refractivity contribution in [1.29, 1.82) is 0 Å². The average Bonchev–Trinajstić information content (AvgIpc) is 3.02. The summed E-state index contributed by atoms with van der Waals surface area (Å²) in [6.07, 6.45) is 3.78. The van der Waals surface area contributed by atoms with Gasteiger partial charge in [-0.3, -0.25) is 14.6 Å². The SMILES string of the molecule is O=C1c2cccnc2C(=O)c2c1c(C(=O)OCCCBr)c1ccccn21. The van der Waals surface area contributed by atoms with Gasteiger partial charge in [-0.1, -0.05) is 22.0 Å². The number of carbonyl (C=O) groups is 3. The van der Waals surface area contributed by atoms with Crippen LogP contribution >= 0.6 is 15.9 Å². The van der Waals surface area contributed by atoms with Crippen LogP contribution < -0.4 is 0 Å². The zero-order valence-corrected chi connectivity index (χ0v) is 15.2. The van der Waals surface area contributed by atoms with Gasteiger partial charge in [0.25, 0.3) is 0 Å². The fourth-order valence-corrected chi connectivity index (χ4v) is 3.40. The molecular formula is C19H13BrN2O4. The van der Waals surface area contributed by atoms with E-state index in [-0.39, 0.29) is 46.3 Å². The largest absolute Gasteiger partial charge is 0.462 e. The Morgan fingerprint density at radius 3 is 2.81 bits per heavy atom. The maximum Gasteiger partial charge on any atom is 0.341 e. The quantitative estimate of drug-likeness (QED) is 0.292. The number of ketones is 2. The molecule has 3 aromatic heterocycles. The summed E-state index contributed by atoms with van der Waals surface area (Å²) in [5.41, 5.74) is 1.15. The molecule has 4 rings (SSSR count). The lowest BCUT2D eigenvalue weighted by molar-refractivity contribution is 0.0506. The van der Waals surface area contributed by atoms with E-state index in [1.54, 1.807) is 40.9 Å². The number of halogens is 1. The molecule has 26 heavy (non-hydrogen) atoms. The van der Waals surface area contributed by atoms with Crippen molar-refractivity contribution in [2.45, 2.75) is 6.42 Å². The molecule has 3 heterocycles. The molecule has 0 saturated heterocycles. The second kappa shape index (κ2) is 6.49. The van der Waals surface area contributed by atoms with Crippen LogP contribution in [0.5, 0.6) is 0 Å². The summed E-state index contributed by atoms with van der Waals surface area (Å²) in [5.74, 6) is -1.38. The number of hydrogen-bond donors (Lipinski definition) is 0. The van der Waals surface area contributed by atoms with E-state index in [0.29, 0.717) is 17.3 Å². The van der Waals surface area contributed by atoms with Crippen molar-refractivity contribution in [3.63, 3.8) is 0 Å². The molecule has 0 aliphatic heterocycles. The van der Waals surface area contributed by atoms with Crippen molar-refractivity contribution in [3.05, 3.63) is 70.8 Å². The second-order valence-electron chi connectivity index (χ2n) is 5.79. The first-order chi connectivity index (χ1) is 12.6. The van der Waals surface area contributed by atoms with Crippen molar-refractivity contribution >= 4 is 39.0 Å². The highest BCUT2D eigenvalue weighted by atomic mass is 79.9. The maximum absolute atomic E-state index is 13.1. The molecule has 0 amide bonds. The van der Waals surface area contributed by atoms with Crippen LogP contribution in [0.3, 0.4) is 0 Å². The van der Waals surface area contributed by atoms with Gasteiger partial charge in [0.1, 0.15) is 11.4 Å². The van der Waals surface area contributed by atoms with E-state index in [2.05, 4.69) is 20.9 Å². The number of pyridine rings is 2. The molecule has 0 atom stereocenters. The van der Waals surface area contributed by atoms with E-state index in [1.807, 2.05) is 0 Å². The normalized spacial score (nSPS) is 12.8. The first-order valence-electron chi connectivity index (χ1n) is 8.05. The summed E-state index contributed by atoms with van der Waals surface area (Å²) in [6.45, 7) is 0.226. The molecule has 0 spiro atoms. The van der Waals surface area contributed by atoms with Gasteiger partial charge in [0.2, 0.25) is 5.78 Å². The maximum atomic E-state index is 13.1. The summed E-state index contributed by atoms with van der Waals surface area (Å²) >= 11 is 3.28. The minimum absolute atomic E-state index is 0.0885. The Morgan fingerprint density at radius 1 is 1.15 bits per heavy atom. The third-order valence-electron chi connectivity index (χ3n) is 4.27. The fourth-order valence-electron chi connectivity index (χ4n) is 3.17. The Hall–Kier alpha value is -2.80. The van der Waals surface area contributed by atoms with Crippen LogP contribution in [-0.4, -0.2) is 38.9 Å². The molecule has 7 heteroatoms. The lowest BCUT2D eigenvalue weighted by Crippen LogP contribution is -2.24. The molecule has 0 unspecified atom stereocenters. The van der Waals surface area contributed by atoms with Crippen LogP contribution in [0.4, 0.5) is 0 Å². The molecule has 0 aromatic carbocycles. The highest BCUT2D eigenvalue weighted by molar-refractivity contribution is 9.09. The van der Waals surface area contributed by atoms with E-state index in [4.69, 9.17) is 4.74 Å². The van der Waals surface area contributed by atoms with Gasteiger partial charge in [-0.15, -0.1) is 0 Å². The number of hydrogen-bond acceptors (Lipinski definition) is 5. The van der Waals surface area contributed by atoms with Gasteiger partial charge in [-0.05, 0) is 30.7 Å². The van der Waals surface area contributed by atoms with Gasteiger partial charge in [-0.2, -0.15) is 0 Å². The van der Waals surface area contributed by atoms with E-state index in [1.165, 1.54) is 6.20 Å². The standard InChI is InChI=1S/C19H13BrN2O4/c20-7-4-10-26-19(25)13-12-6-1-2-9-22(12)16-14(13)17(23)11-5-3-8-21-15(11)18(16)24/h1-3,5-6,8-9H,4,7,10H2. The average molecular weight is 413 g/mol. The molecular weight excluding hydrogens is 400 g/mol. The summed E-state index contributed by atoms with van der Waals surface area (Å²) in [4.78, 5) is 42.8. The molecule has 130 valence electrons. The van der Waals surface area contributed by atoms with Gasteiger partial charge in [0.05, 0.1) is 28.8 Å². The molecule has 0 fully saturated rings. The predicted molar refractivity (Wildman–Crippen MR) is 97.2 cm³/mol. The Kier molecular flexibility index (Phi) is 4.16. The molecule has 0 saturated carbocycles. The third kappa shape index (κ3) is 2.39. The Labute approximate surface area is 156 Å². The second-order valence-corrected chi connectivity index (χ2v) is 6.58. The van der Waals surface area contributed by atoms with Crippen LogP contribution in [0.1, 0.15) is 48.9 Å². The number of fused-ring (bicyclic) bond motifs is 4. The Morgan fingerprint density at radius 2 is 2.00 bits per heavy atom. The lowest BCUT2D eigenvalue weighted by atomic mass is 9.89. The van der Waals surface area contributed by atoms with Crippen molar-refractivity contribution < 1.29 is 19.1 Å². The number of rotatable bonds is 4. The van der Waals surface area contributed by atoms with Gasteiger partial charge in [-0.25, -0.2) is 4.79 Å². The molecule has 6 nitrogen and oxygen atoms in total. The zero-order chi connectivity index (χ0) is 18.3. The molecule has 3 aromatic rings.